The molecule has 0 aliphatic heterocycles. The highest BCUT2D eigenvalue weighted by Gasteiger charge is 2.20. The minimum absolute atomic E-state index is 0.0145. The summed E-state index contributed by atoms with van der Waals surface area (Å²) in [6, 6.07) is 7.55. The number of alkyl halides is 1. The van der Waals surface area contributed by atoms with E-state index >= 15 is 0 Å². The Hall–Kier alpha value is -1.48. The van der Waals surface area contributed by atoms with Crippen molar-refractivity contribution in [3.8, 4) is 0 Å². The number of aliphatic imine (C=N–C) groups is 1. The van der Waals surface area contributed by atoms with Gasteiger partial charge in [-0.3, -0.25) is 4.99 Å². The lowest BCUT2D eigenvalue weighted by molar-refractivity contribution is 0.186. The van der Waals surface area contributed by atoms with Crippen LogP contribution in [0.4, 0.5) is 8.78 Å². The van der Waals surface area contributed by atoms with E-state index in [1.165, 1.54) is 13.1 Å². The lowest BCUT2D eigenvalue weighted by atomic mass is 10.0. The fraction of sp³-hybridized carbons (Fsp3) is 0.353. The zero-order valence-corrected chi connectivity index (χ0v) is 13.1. The molecule has 0 bridgehead atoms. The van der Waals surface area contributed by atoms with Crippen LogP contribution in [0.25, 0.3) is 0 Å². The molecule has 1 aromatic carbocycles. The molecule has 0 saturated carbocycles. The van der Waals surface area contributed by atoms with Gasteiger partial charge in [0.25, 0.3) is 0 Å². The largest absolute Gasteiger partial charge is 0.254 e. The fourth-order valence-electron chi connectivity index (χ4n) is 1.72. The molecule has 0 spiro atoms. The first-order chi connectivity index (χ1) is 9.80. The Balaban J connectivity index is 2.54. The van der Waals surface area contributed by atoms with E-state index in [4.69, 9.17) is 11.6 Å². The van der Waals surface area contributed by atoms with Gasteiger partial charge in [-0.05, 0) is 36.6 Å². The van der Waals surface area contributed by atoms with Crippen LogP contribution in [0.15, 0.2) is 53.8 Å². The topological polar surface area (TPSA) is 12.4 Å². The molecule has 2 unspecified atom stereocenters. The van der Waals surface area contributed by atoms with Gasteiger partial charge in [-0.15, -0.1) is 0 Å². The number of hydrogen-bond acceptors (Lipinski definition) is 1. The van der Waals surface area contributed by atoms with Crippen molar-refractivity contribution in [3.05, 3.63) is 59.4 Å². The first-order valence-corrected chi connectivity index (χ1v) is 7.17. The summed E-state index contributed by atoms with van der Waals surface area (Å²) in [5.74, 6) is -2.13. The molecule has 0 radical (unpaired) electrons. The van der Waals surface area contributed by atoms with Gasteiger partial charge >= 0.3 is 0 Å². The van der Waals surface area contributed by atoms with Crippen LogP contribution in [0.1, 0.15) is 38.2 Å². The maximum Gasteiger partial charge on any atom is 0.197 e. The van der Waals surface area contributed by atoms with Crippen molar-refractivity contribution in [2.24, 2.45) is 4.99 Å². The Bertz CT molecular complexity index is 518. The summed E-state index contributed by atoms with van der Waals surface area (Å²) < 4.78 is 26.4. The molecule has 0 aromatic heterocycles. The van der Waals surface area contributed by atoms with E-state index < -0.39 is 11.6 Å². The van der Waals surface area contributed by atoms with Crippen molar-refractivity contribution in [1.29, 1.82) is 0 Å². The molecular formula is C17H20ClF2N. The number of benzene rings is 1. The summed E-state index contributed by atoms with van der Waals surface area (Å²) in [6.07, 6.45) is 4.99. The molecule has 114 valence electrons. The molecule has 1 rings (SSSR count). The van der Waals surface area contributed by atoms with Crippen LogP contribution in [-0.2, 0) is 0 Å². The highest BCUT2D eigenvalue weighted by molar-refractivity contribution is 6.30. The molecule has 0 fully saturated rings. The molecule has 4 heteroatoms. The van der Waals surface area contributed by atoms with Gasteiger partial charge in [0, 0.05) is 24.1 Å². The van der Waals surface area contributed by atoms with Crippen LogP contribution in [0.3, 0.4) is 0 Å². The van der Waals surface area contributed by atoms with Crippen molar-refractivity contribution < 1.29 is 8.78 Å². The van der Waals surface area contributed by atoms with E-state index in [9.17, 15) is 8.78 Å². The average molecular weight is 312 g/mol. The van der Waals surface area contributed by atoms with Crippen molar-refractivity contribution in [2.45, 2.75) is 38.4 Å². The minimum atomic E-state index is -1.77. The van der Waals surface area contributed by atoms with Crippen molar-refractivity contribution in [2.75, 3.05) is 0 Å². The summed E-state index contributed by atoms with van der Waals surface area (Å²) in [7, 11) is 0. The van der Waals surface area contributed by atoms with Crippen LogP contribution in [-0.4, -0.2) is 12.0 Å². The van der Waals surface area contributed by atoms with Crippen LogP contribution in [0.5, 0.6) is 0 Å². The molecular weight excluding hydrogens is 292 g/mol. The first kappa shape index (κ1) is 17.6. The number of hydrogen-bond donors (Lipinski definition) is 0. The number of allylic oxidation sites excluding steroid dienone is 3. The number of halogens is 3. The molecule has 0 N–H and O–H groups in total. The van der Waals surface area contributed by atoms with Crippen LogP contribution in [0, 0.1) is 0 Å². The third-order valence-electron chi connectivity index (χ3n) is 3.08. The molecule has 1 aromatic rings. The second-order valence-electron chi connectivity index (χ2n) is 5.16. The molecule has 21 heavy (non-hydrogen) atoms. The van der Waals surface area contributed by atoms with Crippen molar-refractivity contribution in [1.82, 2.24) is 0 Å². The first-order valence-electron chi connectivity index (χ1n) is 6.80. The van der Waals surface area contributed by atoms with Crippen molar-refractivity contribution >= 4 is 17.8 Å². The number of rotatable bonds is 7. The predicted molar refractivity (Wildman–Crippen MR) is 86.5 cm³/mol. The third-order valence-corrected chi connectivity index (χ3v) is 3.33. The molecule has 1 nitrogen and oxygen atoms in total. The summed E-state index contributed by atoms with van der Waals surface area (Å²) in [5.41, 5.74) is 1.11. The van der Waals surface area contributed by atoms with Crippen LogP contribution < -0.4 is 0 Å². The Morgan fingerprint density at radius 3 is 2.62 bits per heavy atom. The van der Waals surface area contributed by atoms with Crippen LogP contribution in [0.2, 0.25) is 5.02 Å². The maximum absolute atomic E-state index is 13.9. The fourth-order valence-corrected chi connectivity index (χ4v) is 1.85. The highest BCUT2D eigenvalue weighted by atomic mass is 35.5. The SMILES string of the molecule is C=C(F)CCC(C)(F)N=C/C=C\C(C)c1ccc(Cl)cc1. The van der Waals surface area contributed by atoms with E-state index in [-0.39, 0.29) is 18.8 Å². The molecule has 0 heterocycles. The second kappa shape index (κ2) is 8.08. The van der Waals surface area contributed by atoms with Crippen molar-refractivity contribution in [3.63, 3.8) is 0 Å². The monoisotopic (exact) mass is 311 g/mol. The molecule has 0 aliphatic carbocycles. The lowest BCUT2D eigenvalue weighted by Crippen LogP contribution is -2.14. The van der Waals surface area contributed by atoms with Crippen LogP contribution >= 0.6 is 11.6 Å². The highest BCUT2D eigenvalue weighted by Crippen LogP contribution is 2.22. The Morgan fingerprint density at radius 2 is 2.05 bits per heavy atom. The van der Waals surface area contributed by atoms with E-state index in [2.05, 4.69) is 11.6 Å². The smallest absolute Gasteiger partial charge is 0.197 e. The van der Waals surface area contributed by atoms with Gasteiger partial charge in [0.15, 0.2) is 5.79 Å². The Labute approximate surface area is 130 Å². The summed E-state index contributed by atoms with van der Waals surface area (Å²) >= 11 is 5.83. The lowest BCUT2D eigenvalue weighted by Gasteiger charge is -2.13. The normalized spacial score (nSPS) is 16.2. The number of nitrogens with zero attached hydrogens (tertiary/aromatic N) is 1. The third kappa shape index (κ3) is 7.19. The van der Waals surface area contributed by atoms with Gasteiger partial charge in [0.2, 0.25) is 0 Å². The second-order valence-corrected chi connectivity index (χ2v) is 5.60. The van der Waals surface area contributed by atoms with E-state index in [0.717, 1.165) is 5.56 Å². The summed E-state index contributed by atoms with van der Waals surface area (Å²) in [6.45, 7) is 6.45. The maximum atomic E-state index is 13.9. The zero-order valence-electron chi connectivity index (χ0n) is 12.3. The van der Waals surface area contributed by atoms with Gasteiger partial charge in [0.05, 0.1) is 5.83 Å². The quantitative estimate of drug-likeness (QED) is 0.431. The Morgan fingerprint density at radius 1 is 1.43 bits per heavy atom. The molecule has 2 atom stereocenters. The van der Waals surface area contributed by atoms with E-state index in [1.54, 1.807) is 6.08 Å². The van der Waals surface area contributed by atoms with Gasteiger partial charge in [0.1, 0.15) is 0 Å². The van der Waals surface area contributed by atoms with Gasteiger partial charge < -0.3 is 0 Å². The van der Waals surface area contributed by atoms with Gasteiger partial charge in [-0.2, -0.15) is 0 Å². The average Bonchev–Trinajstić information content (AvgIpc) is 2.42. The van der Waals surface area contributed by atoms with Gasteiger partial charge in [-0.25, -0.2) is 8.78 Å². The minimum Gasteiger partial charge on any atom is -0.254 e. The molecule has 0 saturated heterocycles. The summed E-state index contributed by atoms with van der Waals surface area (Å²) in [4.78, 5) is 3.80. The predicted octanol–water partition coefficient (Wildman–Crippen LogP) is 6.02. The van der Waals surface area contributed by atoms with E-state index in [0.29, 0.717) is 5.02 Å². The van der Waals surface area contributed by atoms with E-state index in [1.807, 2.05) is 37.3 Å². The Kier molecular flexibility index (Phi) is 6.76. The zero-order chi connectivity index (χ0) is 15.9. The summed E-state index contributed by atoms with van der Waals surface area (Å²) in [5, 5.41) is 0.694. The molecule has 0 aliphatic rings. The van der Waals surface area contributed by atoms with Gasteiger partial charge in [-0.1, -0.05) is 43.3 Å². The molecule has 0 amide bonds. The standard InChI is InChI=1S/C17H20ClF2N/c1-13(15-6-8-16(18)9-7-15)5-4-12-21-17(3,20)11-10-14(2)19/h4-9,12-13H,2,10-11H2,1,3H3/b5-4-,21-12?.